The van der Waals surface area contributed by atoms with Crippen molar-refractivity contribution >= 4 is 44.4 Å². The maximum absolute atomic E-state index is 12.8. The number of carbonyl (C=O) groups excluding carboxylic acids is 1. The first-order chi connectivity index (χ1) is 12.9. The Morgan fingerprint density at radius 1 is 1.19 bits per heavy atom. The van der Waals surface area contributed by atoms with E-state index in [1.54, 1.807) is 36.4 Å². The normalized spacial score (nSPS) is 11.7. The standard InChI is InChI=1S/C17H18N4O4S2/c1-3-25-13-9-7-12(8-10-13)18-16(22)11-21(2)27(23,24)15-6-4-5-14-17(15)20-26-19-14/h4-10H,3,11H2,1-2H3,(H,18,22). The molecule has 1 heterocycles. The lowest BCUT2D eigenvalue weighted by Gasteiger charge is -2.17. The van der Waals surface area contributed by atoms with Crippen LogP contribution in [-0.4, -0.2) is 47.6 Å². The first kappa shape index (κ1) is 19.2. The van der Waals surface area contributed by atoms with Gasteiger partial charge in [0.15, 0.2) is 0 Å². The number of ether oxygens (including phenoxy) is 1. The number of anilines is 1. The van der Waals surface area contributed by atoms with Gasteiger partial charge in [-0.3, -0.25) is 4.79 Å². The number of hydrogen-bond acceptors (Lipinski definition) is 7. The molecule has 142 valence electrons. The molecule has 8 nitrogen and oxygen atoms in total. The summed E-state index contributed by atoms with van der Waals surface area (Å²) in [4.78, 5) is 12.3. The van der Waals surface area contributed by atoms with Crippen LogP contribution in [0.15, 0.2) is 47.4 Å². The molecule has 1 amide bonds. The summed E-state index contributed by atoms with van der Waals surface area (Å²) < 4.78 is 40.1. The van der Waals surface area contributed by atoms with Crippen LogP contribution in [0.25, 0.3) is 11.0 Å². The smallest absolute Gasteiger partial charge is 0.245 e. The van der Waals surface area contributed by atoms with E-state index in [-0.39, 0.29) is 11.4 Å². The van der Waals surface area contributed by atoms with Crippen molar-refractivity contribution in [1.29, 1.82) is 0 Å². The third kappa shape index (κ3) is 4.24. The molecule has 0 aliphatic heterocycles. The lowest BCUT2D eigenvalue weighted by Crippen LogP contribution is -2.35. The van der Waals surface area contributed by atoms with Crippen molar-refractivity contribution in [2.24, 2.45) is 0 Å². The summed E-state index contributed by atoms with van der Waals surface area (Å²) in [5.74, 6) is 0.244. The van der Waals surface area contributed by atoms with Crippen LogP contribution >= 0.6 is 11.7 Å². The van der Waals surface area contributed by atoms with Gasteiger partial charge in [0.1, 0.15) is 21.7 Å². The summed E-state index contributed by atoms with van der Waals surface area (Å²) >= 11 is 0.943. The van der Waals surface area contributed by atoms with Crippen LogP contribution < -0.4 is 10.1 Å². The summed E-state index contributed by atoms with van der Waals surface area (Å²) in [6.45, 7) is 2.10. The second-order valence-corrected chi connectivity index (χ2v) is 8.20. The zero-order valence-electron chi connectivity index (χ0n) is 14.7. The molecule has 3 aromatic rings. The number of fused-ring (bicyclic) bond motifs is 1. The fourth-order valence-electron chi connectivity index (χ4n) is 2.45. The van der Waals surface area contributed by atoms with Crippen molar-refractivity contribution in [3.05, 3.63) is 42.5 Å². The molecule has 0 saturated heterocycles. The Labute approximate surface area is 161 Å². The van der Waals surface area contributed by atoms with Gasteiger partial charge in [0, 0.05) is 12.7 Å². The molecule has 0 atom stereocenters. The van der Waals surface area contributed by atoms with Crippen LogP contribution in [0.1, 0.15) is 6.92 Å². The van der Waals surface area contributed by atoms with Gasteiger partial charge in [-0.25, -0.2) is 8.42 Å². The second kappa shape index (κ2) is 7.99. The Kier molecular flexibility index (Phi) is 5.68. The van der Waals surface area contributed by atoms with Gasteiger partial charge in [-0.05, 0) is 43.3 Å². The minimum absolute atomic E-state index is 0.0325. The van der Waals surface area contributed by atoms with E-state index in [1.165, 1.54) is 13.1 Å². The van der Waals surface area contributed by atoms with Crippen LogP contribution in [0.5, 0.6) is 5.75 Å². The summed E-state index contributed by atoms with van der Waals surface area (Å²) in [6.07, 6.45) is 0. The fraction of sp³-hybridized carbons (Fsp3) is 0.235. The van der Waals surface area contributed by atoms with Crippen LogP contribution in [0.3, 0.4) is 0 Å². The van der Waals surface area contributed by atoms with E-state index in [0.717, 1.165) is 16.0 Å². The van der Waals surface area contributed by atoms with Gasteiger partial charge in [-0.15, -0.1) is 0 Å². The highest BCUT2D eigenvalue weighted by molar-refractivity contribution is 7.89. The molecule has 0 saturated carbocycles. The van der Waals surface area contributed by atoms with E-state index in [2.05, 4.69) is 14.1 Å². The van der Waals surface area contributed by atoms with Crippen molar-refractivity contribution in [3.63, 3.8) is 0 Å². The van der Waals surface area contributed by atoms with E-state index in [0.29, 0.717) is 29.1 Å². The number of nitrogens with one attached hydrogen (secondary N) is 1. The Balaban J connectivity index is 1.71. The molecule has 0 aliphatic carbocycles. The molecular formula is C17H18N4O4S2. The average molecular weight is 406 g/mol. The van der Waals surface area contributed by atoms with Gasteiger partial charge >= 0.3 is 0 Å². The Morgan fingerprint density at radius 2 is 1.93 bits per heavy atom. The molecule has 0 fully saturated rings. The molecule has 0 spiro atoms. The summed E-state index contributed by atoms with van der Waals surface area (Å²) in [6, 6.07) is 11.6. The Morgan fingerprint density at radius 3 is 2.63 bits per heavy atom. The number of rotatable bonds is 7. The molecule has 2 aromatic carbocycles. The molecule has 0 radical (unpaired) electrons. The van der Waals surface area contributed by atoms with Crippen molar-refractivity contribution in [3.8, 4) is 5.75 Å². The Hall–Kier alpha value is -2.56. The monoisotopic (exact) mass is 406 g/mol. The number of hydrogen-bond donors (Lipinski definition) is 1. The van der Waals surface area contributed by atoms with Crippen LogP contribution in [0, 0.1) is 0 Å². The second-order valence-electron chi connectivity index (χ2n) is 5.65. The molecular weight excluding hydrogens is 388 g/mol. The average Bonchev–Trinajstić information content (AvgIpc) is 3.12. The zero-order valence-corrected chi connectivity index (χ0v) is 16.4. The zero-order chi connectivity index (χ0) is 19.4. The van der Waals surface area contributed by atoms with E-state index >= 15 is 0 Å². The van der Waals surface area contributed by atoms with Gasteiger partial charge in [0.05, 0.1) is 24.9 Å². The van der Waals surface area contributed by atoms with Crippen LogP contribution in [0.4, 0.5) is 5.69 Å². The number of carbonyl (C=O) groups is 1. The summed E-state index contributed by atoms with van der Waals surface area (Å²) in [5.41, 5.74) is 1.37. The molecule has 0 bridgehead atoms. The van der Waals surface area contributed by atoms with Gasteiger partial charge in [-0.1, -0.05) is 6.07 Å². The first-order valence-corrected chi connectivity index (χ1v) is 10.3. The highest BCUT2D eigenvalue weighted by atomic mass is 32.2. The maximum atomic E-state index is 12.8. The van der Waals surface area contributed by atoms with Crippen LogP contribution in [-0.2, 0) is 14.8 Å². The quantitative estimate of drug-likeness (QED) is 0.646. The largest absolute Gasteiger partial charge is 0.494 e. The minimum Gasteiger partial charge on any atom is -0.494 e. The number of amides is 1. The lowest BCUT2D eigenvalue weighted by molar-refractivity contribution is -0.116. The van der Waals surface area contributed by atoms with Gasteiger partial charge in [0.25, 0.3) is 0 Å². The predicted octanol–water partition coefficient (Wildman–Crippen LogP) is 2.35. The number of aromatic nitrogens is 2. The van der Waals surface area contributed by atoms with E-state index in [1.807, 2.05) is 6.92 Å². The van der Waals surface area contributed by atoms with Crippen molar-refractivity contribution in [1.82, 2.24) is 13.1 Å². The Bertz CT molecular complexity index is 1050. The third-order valence-corrected chi connectivity index (χ3v) is 6.13. The molecule has 0 aliphatic rings. The van der Waals surface area contributed by atoms with Gasteiger partial charge in [0.2, 0.25) is 15.9 Å². The van der Waals surface area contributed by atoms with E-state index in [9.17, 15) is 13.2 Å². The molecule has 3 rings (SSSR count). The van der Waals surface area contributed by atoms with Crippen molar-refractivity contribution in [2.45, 2.75) is 11.8 Å². The SMILES string of the molecule is CCOc1ccc(NC(=O)CN(C)S(=O)(=O)c2cccc3nsnc23)cc1. The number of likely N-dealkylation sites (N-methyl/N-ethyl adjacent to an activating group) is 1. The lowest BCUT2D eigenvalue weighted by atomic mass is 10.3. The van der Waals surface area contributed by atoms with Crippen LogP contribution in [0.2, 0.25) is 0 Å². The molecule has 27 heavy (non-hydrogen) atoms. The highest BCUT2D eigenvalue weighted by Gasteiger charge is 2.26. The summed E-state index contributed by atoms with van der Waals surface area (Å²) in [5, 5.41) is 2.67. The molecule has 1 N–H and O–H groups in total. The van der Waals surface area contributed by atoms with E-state index < -0.39 is 15.9 Å². The van der Waals surface area contributed by atoms with Crippen molar-refractivity contribution < 1.29 is 17.9 Å². The topological polar surface area (TPSA) is 101 Å². The molecule has 1 aromatic heterocycles. The van der Waals surface area contributed by atoms with E-state index in [4.69, 9.17) is 4.74 Å². The number of nitrogens with zero attached hydrogens (tertiary/aromatic N) is 3. The van der Waals surface area contributed by atoms with Crippen molar-refractivity contribution in [2.75, 3.05) is 25.5 Å². The summed E-state index contributed by atoms with van der Waals surface area (Å²) in [7, 11) is -2.53. The number of benzene rings is 2. The third-order valence-electron chi connectivity index (χ3n) is 3.75. The van der Waals surface area contributed by atoms with Gasteiger partial charge < -0.3 is 10.1 Å². The minimum atomic E-state index is -3.88. The molecule has 0 unspecified atom stereocenters. The first-order valence-electron chi connectivity index (χ1n) is 8.12. The maximum Gasteiger partial charge on any atom is 0.245 e. The highest BCUT2D eigenvalue weighted by Crippen LogP contribution is 2.23. The fourth-order valence-corrected chi connectivity index (χ4v) is 4.32. The predicted molar refractivity (Wildman–Crippen MR) is 103 cm³/mol. The molecule has 10 heteroatoms. The van der Waals surface area contributed by atoms with Gasteiger partial charge in [-0.2, -0.15) is 13.1 Å². The number of sulfonamides is 1.